The van der Waals surface area contributed by atoms with Crippen LogP contribution in [0.3, 0.4) is 0 Å². The predicted molar refractivity (Wildman–Crippen MR) is 366 cm³/mol. The Balaban J connectivity index is 1.13. The number of aryl methyl sites for hydroxylation is 1. The molecule has 0 saturated heterocycles. The van der Waals surface area contributed by atoms with E-state index in [0.717, 1.165) is 118 Å². The molecule has 0 saturated carbocycles. The van der Waals surface area contributed by atoms with Gasteiger partial charge in [-0.1, -0.05) is 217 Å². The summed E-state index contributed by atoms with van der Waals surface area (Å²) in [5, 5.41) is 4.42. The molecule has 5 nitrogen and oxygen atoms in total. The van der Waals surface area contributed by atoms with Crippen molar-refractivity contribution >= 4 is 83.9 Å². The largest absolute Gasteiger partial charge is 0.455 e. The van der Waals surface area contributed by atoms with Gasteiger partial charge in [0.15, 0.2) is 11.5 Å². The van der Waals surface area contributed by atoms with E-state index in [-0.39, 0.29) is 21.7 Å². The molecule has 5 heteroatoms. The molecule has 1 unspecified atom stereocenters. The molecule has 87 heavy (non-hydrogen) atoms. The third-order valence-corrected chi connectivity index (χ3v) is 19.0. The van der Waals surface area contributed by atoms with E-state index in [4.69, 9.17) is 9.15 Å². The molecular weight excluding hydrogens is 1060 g/mol. The van der Waals surface area contributed by atoms with E-state index in [1.165, 1.54) is 38.9 Å². The molecule has 0 bridgehead atoms. The molecule has 2 aliphatic heterocycles. The van der Waals surface area contributed by atoms with Crippen LogP contribution in [-0.2, 0) is 27.1 Å². The maximum absolute atomic E-state index is 7.66. The quantitative estimate of drug-likeness (QED) is 0.166. The number of ether oxygens (including phenoxy) is 1. The lowest BCUT2D eigenvalue weighted by Gasteiger charge is -2.47. The second-order valence-corrected chi connectivity index (χ2v) is 28.6. The minimum Gasteiger partial charge on any atom is -0.455 e. The van der Waals surface area contributed by atoms with Gasteiger partial charge in [-0.25, -0.2) is 0 Å². The molecule has 1 aromatic heterocycles. The van der Waals surface area contributed by atoms with Crippen molar-refractivity contribution in [1.82, 2.24) is 0 Å². The van der Waals surface area contributed by atoms with Crippen LogP contribution < -0.4 is 19.4 Å². The summed E-state index contributed by atoms with van der Waals surface area (Å²) >= 11 is 0. The van der Waals surface area contributed by atoms with E-state index in [9.17, 15) is 0 Å². The van der Waals surface area contributed by atoms with Crippen LogP contribution in [0.2, 0.25) is 0 Å². The van der Waals surface area contributed by atoms with Crippen molar-refractivity contribution in [2.45, 2.75) is 117 Å². The zero-order valence-electron chi connectivity index (χ0n) is 52.4. The van der Waals surface area contributed by atoms with Gasteiger partial charge < -0.3 is 23.9 Å². The third kappa shape index (κ3) is 8.25. The number of rotatable bonds is 6. The highest BCUT2D eigenvalue weighted by molar-refractivity contribution is 6.23. The Morgan fingerprint density at radius 2 is 0.851 bits per heavy atom. The first kappa shape index (κ1) is 54.3. The van der Waals surface area contributed by atoms with E-state index in [1.807, 2.05) is 0 Å². The van der Waals surface area contributed by atoms with Crippen molar-refractivity contribution in [3.05, 3.63) is 268 Å². The fourth-order valence-corrected chi connectivity index (χ4v) is 14.5. The van der Waals surface area contributed by atoms with Gasteiger partial charge in [-0.15, -0.1) is 0 Å². The monoisotopic (exact) mass is 1130 g/mol. The number of benzene rings is 11. The zero-order valence-corrected chi connectivity index (χ0v) is 52.4. The van der Waals surface area contributed by atoms with Crippen LogP contribution in [-0.4, -0.2) is 0 Å². The minimum absolute atomic E-state index is 0.0322. The van der Waals surface area contributed by atoms with Crippen molar-refractivity contribution < 1.29 is 9.15 Å². The van der Waals surface area contributed by atoms with Crippen LogP contribution in [0, 0.1) is 6.92 Å². The fraction of sp³-hybridized carbons (Fsp3) is 0.220. The zero-order chi connectivity index (χ0) is 60.3. The van der Waals surface area contributed by atoms with Crippen molar-refractivity contribution in [2.75, 3.05) is 14.7 Å². The smallest absolute Gasteiger partial charge is 0.151 e. The number of hydrogen-bond donors (Lipinski definition) is 0. The van der Waals surface area contributed by atoms with E-state index >= 15 is 0 Å². The molecule has 3 aliphatic rings. The molecule has 11 aromatic carbocycles. The molecule has 1 atom stereocenters. The highest BCUT2D eigenvalue weighted by Crippen LogP contribution is 2.70. The predicted octanol–water partition coefficient (Wildman–Crippen LogP) is 23.4. The van der Waals surface area contributed by atoms with Crippen LogP contribution in [0.25, 0.3) is 43.8 Å². The molecule has 0 fully saturated rings. The second kappa shape index (κ2) is 19.1. The van der Waals surface area contributed by atoms with Crippen LogP contribution in [0.1, 0.15) is 133 Å². The number of hydrogen-bond acceptors (Lipinski definition) is 5. The SMILES string of the molecule is Cc1cc(C(C)(C)C)ccc1N(c1ccc(C(C)(C)C)cc1)c1cc2c(c3ccccc13)-c1c(cc(N(c3ccc(C(C)(C)C)cc3)c3ccc(C(C)(C)C)cc3)c3c1oc1ccccc13)C21c2ccccc2N2c3ccccc3Oc3cccc1c32. The molecule has 1 aliphatic carbocycles. The topological polar surface area (TPSA) is 32.1 Å². The Kier molecular flexibility index (Phi) is 11.9. The normalized spacial score (nSPS) is 15.1. The van der Waals surface area contributed by atoms with Crippen LogP contribution in [0.15, 0.2) is 223 Å². The van der Waals surface area contributed by atoms with Gasteiger partial charge in [0.1, 0.15) is 11.2 Å². The molecule has 430 valence electrons. The van der Waals surface area contributed by atoms with Gasteiger partial charge in [0, 0.05) is 39.1 Å². The van der Waals surface area contributed by atoms with Crippen molar-refractivity contribution in [3.63, 3.8) is 0 Å². The summed E-state index contributed by atoms with van der Waals surface area (Å²) < 4.78 is 14.8. The first-order valence-electron chi connectivity index (χ1n) is 31.0. The van der Waals surface area contributed by atoms with E-state index in [1.54, 1.807) is 0 Å². The maximum atomic E-state index is 7.66. The summed E-state index contributed by atoms with van der Waals surface area (Å²) in [7, 11) is 0. The summed E-state index contributed by atoms with van der Waals surface area (Å²) in [6, 6.07) is 82.3. The number of nitrogens with zero attached hydrogens (tertiary/aromatic N) is 3. The van der Waals surface area contributed by atoms with Crippen molar-refractivity contribution in [2.24, 2.45) is 0 Å². The lowest BCUT2D eigenvalue weighted by Crippen LogP contribution is -2.37. The molecule has 15 rings (SSSR count). The van der Waals surface area contributed by atoms with Crippen LogP contribution in [0.5, 0.6) is 11.5 Å². The minimum atomic E-state index is -0.954. The molecule has 0 N–H and O–H groups in total. The Morgan fingerprint density at radius 3 is 1.46 bits per heavy atom. The van der Waals surface area contributed by atoms with Crippen molar-refractivity contribution in [3.8, 4) is 22.6 Å². The lowest BCUT2D eigenvalue weighted by atomic mass is 9.64. The van der Waals surface area contributed by atoms with Gasteiger partial charge in [-0.3, -0.25) is 0 Å². The Morgan fingerprint density at radius 1 is 0.368 bits per heavy atom. The standard InChI is InChI=1S/C82H75N3O2/c1-50-47-54(81(11,12)13)39-46-65(50)84(57-44-37-53(38-45-57)80(8,9)10)68-48-63-73(59-24-15-14-23-58(59)68)75-64(82(63)61-26-17-18-28-66(61)85-67-29-19-21-31-71(67)86-72-32-22-27-62(82)76(72)85)49-69(74-60-25-16-20-30-70(60)87-77(74)75)83(55-40-33-51(34-41-55)78(2,3)4)56-42-35-52(36-43-56)79(5,6)7/h14-49H,1-13H3. The summed E-state index contributed by atoms with van der Waals surface area (Å²) in [6.07, 6.45) is 0. The molecule has 3 heterocycles. The number of anilines is 9. The number of fused-ring (bicyclic) bond motifs is 17. The van der Waals surface area contributed by atoms with Gasteiger partial charge in [0.25, 0.3) is 0 Å². The first-order chi connectivity index (χ1) is 41.6. The highest BCUT2D eigenvalue weighted by atomic mass is 16.5. The number of furan rings is 1. The molecular formula is C82H75N3O2. The molecule has 12 aromatic rings. The summed E-state index contributed by atoms with van der Waals surface area (Å²) in [4.78, 5) is 7.51. The summed E-state index contributed by atoms with van der Waals surface area (Å²) in [5.74, 6) is 1.64. The molecule has 1 spiro atoms. The maximum Gasteiger partial charge on any atom is 0.151 e. The van der Waals surface area contributed by atoms with Gasteiger partial charge in [-0.05, 0) is 175 Å². The fourth-order valence-electron chi connectivity index (χ4n) is 14.5. The summed E-state index contributed by atoms with van der Waals surface area (Å²) in [5.41, 5.74) is 23.5. The Labute approximate surface area is 513 Å². The van der Waals surface area contributed by atoms with Crippen LogP contribution >= 0.6 is 0 Å². The first-order valence-corrected chi connectivity index (χ1v) is 31.0. The van der Waals surface area contributed by atoms with E-state index in [0.29, 0.717) is 0 Å². The number of para-hydroxylation sites is 5. The molecule has 0 radical (unpaired) electrons. The van der Waals surface area contributed by atoms with Gasteiger partial charge in [0.2, 0.25) is 0 Å². The lowest BCUT2D eigenvalue weighted by molar-refractivity contribution is 0.473. The average Bonchev–Trinajstić information content (AvgIpc) is 1.53. The molecule has 0 amide bonds. The van der Waals surface area contributed by atoms with Crippen LogP contribution in [0.4, 0.5) is 51.2 Å². The van der Waals surface area contributed by atoms with Crippen molar-refractivity contribution in [1.29, 1.82) is 0 Å². The van der Waals surface area contributed by atoms with Gasteiger partial charge >= 0.3 is 0 Å². The van der Waals surface area contributed by atoms with E-state index < -0.39 is 5.41 Å². The Bertz CT molecular complexity index is 4710. The third-order valence-electron chi connectivity index (χ3n) is 19.0. The Hall–Kier alpha value is -9.32. The summed E-state index contributed by atoms with van der Waals surface area (Å²) in [6.45, 7) is 29.8. The van der Waals surface area contributed by atoms with Gasteiger partial charge in [0.05, 0.1) is 39.2 Å². The average molecular weight is 1130 g/mol. The van der Waals surface area contributed by atoms with Gasteiger partial charge in [-0.2, -0.15) is 0 Å². The highest BCUT2D eigenvalue weighted by Gasteiger charge is 2.56. The second-order valence-electron chi connectivity index (χ2n) is 28.6. The van der Waals surface area contributed by atoms with E-state index in [2.05, 4.69) is 323 Å².